The number of carbonyl (C=O) groups is 2. The zero-order chi connectivity index (χ0) is 33.5. The third-order valence-corrected chi connectivity index (χ3v) is 10.1. The predicted octanol–water partition coefficient (Wildman–Crippen LogP) is 3.95. The zero-order valence-corrected chi connectivity index (χ0v) is 27.8. The van der Waals surface area contributed by atoms with Crippen LogP contribution in [-0.4, -0.2) is 66.6 Å². The maximum atomic E-state index is 15.1. The third kappa shape index (κ3) is 8.20. The molecule has 0 spiro atoms. The summed E-state index contributed by atoms with van der Waals surface area (Å²) in [7, 11) is 1.52. The molecule has 3 aliphatic rings. The zero-order valence-electron chi connectivity index (χ0n) is 27.8. The monoisotopic (exact) mass is 658 g/mol. The van der Waals surface area contributed by atoms with E-state index in [4.69, 9.17) is 9.47 Å². The first-order valence-electron chi connectivity index (χ1n) is 17.1. The van der Waals surface area contributed by atoms with Crippen molar-refractivity contribution >= 4 is 11.8 Å². The summed E-state index contributed by atoms with van der Waals surface area (Å²) in [6, 6.07) is 18.6. The van der Waals surface area contributed by atoms with Gasteiger partial charge in [0.25, 0.3) is 0 Å². The van der Waals surface area contributed by atoms with Crippen molar-refractivity contribution in [3.63, 3.8) is 0 Å². The van der Waals surface area contributed by atoms with E-state index in [2.05, 4.69) is 32.5 Å². The number of fused-ring (bicyclic) bond motifs is 1. The molecule has 4 N–H and O–H groups in total. The average Bonchev–Trinajstić information content (AvgIpc) is 3.53. The number of amides is 2. The van der Waals surface area contributed by atoms with Crippen molar-refractivity contribution < 1.29 is 23.5 Å². The normalized spacial score (nSPS) is 25.6. The van der Waals surface area contributed by atoms with E-state index in [1.54, 1.807) is 12.1 Å². The van der Waals surface area contributed by atoms with Gasteiger partial charge in [-0.15, -0.1) is 0 Å². The van der Waals surface area contributed by atoms with E-state index in [0.717, 1.165) is 30.5 Å². The molecule has 2 aliphatic heterocycles. The summed E-state index contributed by atoms with van der Waals surface area (Å²) >= 11 is 0. The maximum absolute atomic E-state index is 15.1. The van der Waals surface area contributed by atoms with E-state index in [1.165, 1.54) is 18.7 Å². The lowest BCUT2D eigenvalue weighted by atomic mass is 9.74. The highest BCUT2D eigenvalue weighted by atomic mass is 19.1. The molecule has 48 heavy (non-hydrogen) atoms. The Morgan fingerprint density at radius 3 is 2.69 bits per heavy atom. The van der Waals surface area contributed by atoms with Gasteiger partial charge in [-0.25, -0.2) is 9.82 Å². The first-order valence-corrected chi connectivity index (χ1v) is 17.1. The summed E-state index contributed by atoms with van der Waals surface area (Å²) in [5.41, 5.74) is 10.6. The molecule has 256 valence electrons. The van der Waals surface area contributed by atoms with Gasteiger partial charge in [0.05, 0.1) is 32.4 Å². The Kier molecular flexibility index (Phi) is 11.3. The molecule has 3 aromatic rings. The number of pyridine rings is 1. The van der Waals surface area contributed by atoms with Crippen LogP contribution in [0.3, 0.4) is 0 Å². The Hall–Kier alpha value is -3.90. The Bertz CT molecular complexity index is 1540. The molecule has 3 fully saturated rings. The highest BCUT2D eigenvalue weighted by Gasteiger charge is 2.43. The number of hydrazine groups is 1. The topological polar surface area (TPSA) is 117 Å². The van der Waals surface area contributed by atoms with Crippen LogP contribution in [-0.2, 0) is 27.5 Å². The molecule has 6 rings (SSSR count). The van der Waals surface area contributed by atoms with Crippen LogP contribution >= 0.6 is 0 Å². The number of nitrogens with one attached hydrogen (secondary N) is 4. The van der Waals surface area contributed by atoms with Crippen molar-refractivity contribution in [1.82, 2.24) is 31.4 Å². The molecular weight excluding hydrogens is 611 g/mol. The molecule has 2 amide bonds. The molecule has 11 heteroatoms. The lowest BCUT2D eigenvalue weighted by molar-refractivity contribution is -0.130. The largest absolute Gasteiger partial charge is 0.496 e. The minimum Gasteiger partial charge on any atom is -0.496 e. The van der Waals surface area contributed by atoms with Crippen LogP contribution < -0.4 is 26.2 Å². The van der Waals surface area contributed by atoms with Gasteiger partial charge in [-0.1, -0.05) is 36.4 Å². The number of benzene rings is 2. The molecule has 1 saturated carbocycles. The van der Waals surface area contributed by atoms with Crippen LogP contribution in [0.4, 0.5) is 4.39 Å². The number of hydrogen-bond acceptors (Lipinski definition) is 8. The van der Waals surface area contributed by atoms with Crippen LogP contribution in [0.5, 0.6) is 5.75 Å². The fourth-order valence-electron chi connectivity index (χ4n) is 7.55. The molecule has 0 radical (unpaired) electrons. The fourth-order valence-corrected chi connectivity index (χ4v) is 7.55. The average molecular weight is 659 g/mol. The SMILES string of the molecule is COc1cccc(F)c1CN1C[C@H](NC(=O)C2CCC3NNC(c4ccnc(C)c4)C3C2)CC[C@H]1C(=O)NCCOCc1ccccc1. The van der Waals surface area contributed by atoms with Crippen LogP contribution in [0.15, 0.2) is 66.9 Å². The van der Waals surface area contributed by atoms with Gasteiger partial charge in [-0.2, -0.15) is 0 Å². The van der Waals surface area contributed by atoms with Gasteiger partial charge in [-0.3, -0.25) is 24.9 Å². The van der Waals surface area contributed by atoms with Crippen molar-refractivity contribution in [2.45, 2.75) is 76.3 Å². The lowest BCUT2D eigenvalue weighted by Crippen LogP contribution is -2.57. The van der Waals surface area contributed by atoms with Crippen molar-refractivity contribution in [3.05, 3.63) is 95.1 Å². The van der Waals surface area contributed by atoms with E-state index < -0.39 is 6.04 Å². The number of halogens is 1. The van der Waals surface area contributed by atoms with Crippen molar-refractivity contribution in [1.29, 1.82) is 0 Å². The Labute approximate surface area is 282 Å². The lowest BCUT2D eigenvalue weighted by Gasteiger charge is -2.40. The predicted molar refractivity (Wildman–Crippen MR) is 180 cm³/mol. The van der Waals surface area contributed by atoms with Gasteiger partial charge < -0.3 is 20.1 Å². The number of nitrogens with zero attached hydrogens (tertiary/aromatic N) is 2. The summed E-state index contributed by atoms with van der Waals surface area (Å²) < 4.78 is 26.3. The minimum absolute atomic E-state index is 0.0527. The van der Waals surface area contributed by atoms with Crippen LogP contribution in [0, 0.1) is 24.6 Å². The smallest absolute Gasteiger partial charge is 0.237 e. The number of rotatable bonds is 12. The number of aryl methyl sites for hydroxylation is 1. The Morgan fingerprint density at radius 2 is 1.88 bits per heavy atom. The summed E-state index contributed by atoms with van der Waals surface area (Å²) in [4.78, 5) is 33.5. The molecule has 1 aliphatic carbocycles. The summed E-state index contributed by atoms with van der Waals surface area (Å²) in [6.07, 6.45) is 5.53. The second-order valence-corrected chi connectivity index (χ2v) is 13.3. The van der Waals surface area contributed by atoms with Gasteiger partial charge in [0.2, 0.25) is 11.8 Å². The number of piperidine rings is 1. The fraction of sp³-hybridized carbons (Fsp3) is 0.486. The first-order chi connectivity index (χ1) is 23.4. The second kappa shape index (κ2) is 16.0. The van der Waals surface area contributed by atoms with Gasteiger partial charge >= 0.3 is 0 Å². The molecule has 10 nitrogen and oxygen atoms in total. The van der Waals surface area contributed by atoms with Crippen molar-refractivity contribution in [3.8, 4) is 5.75 Å². The molecule has 2 aromatic carbocycles. The third-order valence-electron chi connectivity index (χ3n) is 10.1. The van der Waals surface area contributed by atoms with E-state index >= 15 is 4.39 Å². The van der Waals surface area contributed by atoms with E-state index in [0.29, 0.717) is 56.5 Å². The number of carbonyl (C=O) groups excluding carboxylic acids is 2. The van der Waals surface area contributed by atoms with Crippen molar-refractivity contribution in [2.75, 3.05) is 26.8 Å². The highest BCUT2D eigenvalue weighted by Crippen LogP contribution is 2.40. The van der Waals surface area contributed by atoms with Crippen molar-refractivity contribution in [2.24, 2.45) is 11.8 Å². The van der Waals surface area contributed by atoms with Gasteiger partial charge in [-0.05, 0) is 80.3 Å². The van der Waals surface area contributed by atoms with E-state index in [-0.39, 0.29) is 48.1 Å². The summed E-state index contributed by atoms with van der Waals surface area (Å²) in [5.74, 6) is 0.160. The first kappa shape index (κ1) is 34.0. The molecule has 2 saturated heterocycles. The summed E-state index contributed by atoms with van der Waals surface area (Å²) in [5, 5.41) is 6.33. The van der Waals surface area contributed by atoms with Gasteiger partial charge in [0.15, 0.2) is 0 Å². The van der Waals surface area contributed by atoms with Gasteiger partial charge in [0, 0.05) is 55.1 Å². The highest BCUT2D eigenvalue weighted by molar-refractivity contribution is 5.82. The van der Waals surface area contributed by atoms with E-state index in [9.17, 15) is 9.59 Å². The van der Waals surface area contributed by atoms with E-state index in [1.807, 2.05) is 54.4 Å². The number of hydrogen-bond donors (Lipinski definition) is 4. The van der Waals surface area contributed by atoms with Crippen LogP contribution in [0.2, 0.25) is 0 Å². The molecule has 6 atom stereocenters. The number of methoxy groups -OCH3 is 1. The van der Waals surface area contributed by atoms with Crippen LogP contribution in [0.25, 0.3) is 0 Å². The maximum Gasteiger partial charge on any atom is 0.237 e. The summed E-state index contributed by atoms with van der Waals surface area (Å²) in [6.45, 7) is 3.82. The standard InChI is InChI=1S/C37H47FN6O4/c1-24-19-26(15-16-39-24)35-29-20-27(11-13-32(29)42-43-35)36(45)41-28-12-14-33(37(46)40-17-18-48-23-25-7-4-3-5-8-25)44(21-28)22-30-31(38)9-6-10-34(30)47-2/h3-10,15-16,19,27-29,32-33,35,42-43H,11-14,17-18,20-23H2,1-2H3,(H,40,46)(H,41,45)/t27?,28-,29?,32?,33+,35?/m1/s1. The minimum atomic E-state index is -0.479. The van der Waals surface area contributed by atoms with Gasteiger partial charge in [0.1, 0.15) is 11.6 Å². The van der Waals surface area contributed by atoms with Crippen LogP contribution in [0.1, 0.15) is 60.5 Å². The number of likely N-dealkylation sites (tertiary alicyclic amines) is 1. The molecule has 3 heterocycles. The molecule has 4 unspecified atom stereocenters. The Balaban J connectivity index is 1.08. The molecule has 0 bridgehead atoms. The second-order valence-electron chi connectivity index (χ2n) is 13.3. The molecular formula is C37H47FN6O4. The quantitative estimate of drug-likeness (QED) is 0.216. The molecule has 1 aromatic heterocycles. The Morgan fingerprint density at radius 1 is 1.02 bits per heavy atom. The number of aromatic nitrogens is 1. The number of ether oxygens (including phenoxy) is 2.